The maximum absolute atomic E-state index is 9.74. The monoisotopic (exact) mass is 266 g/mol. The van der Waals surface area contributed by atoms with Gasteiger partial charge in [-0.15, -0.1) is 0 Å². The van der Waals surface area contributed by atoms with Crippen molar-refractivity contribution in [3.05, 3.63) is 23.8 Å². The molecule has 4 nitrogen and oxygen atoms in total. The lowest BCUT2D eigenvalue weighted by Crippen LogP contribution is -2.29. The minimum Gasteiger partial charge on any atom is -0.508 e. The number of benzene rings is 1. The summed E-state index contributed by atoms with van der Waals surface area (Å²) in [7, 11) is 3.77. The van der Waals surface area contributed by atoms with E-state index in [1.807, 2.05) is 6.07 Å². The SMILES string of the molecule is COc1ccc(O)c(CNCCCN(C)C(C)C)c1. The van der Waals surface area contributed by atoms with E-state index < -0.39 is 0 Å². The number of hydrogen-bond acceptors (Lipinski definition) is 4. The number of ether oxygens (including phenoxy) is 1. The van der Waals surface area contributed by atoms with Crippen LogP contribution in [0.4, 0.5) is 0 Å². The summed E-state index contributed by atoms with van der Waals surface area (Å²) in [6.45, 7) is 7.07. The van der Waals surface area contributed by atoms with Crippen molar-refractivity contribution in [1.29, 1.82) is 0 Å². The zero-order valence-electron chi connectivity index (χ0n) is 12.4. The maximum atomic E-state index is 9.74. The molecular weight excluding hydrogens is 240 g/mol. The molecule has 2 N–H and O–H groups in total. The first-order chi connectivity index (χ1) is 9.04. The van der Waals surface area contributed by atoms with Gasteiger partial charge >= 0.3 is 0 Å². The Bertz CT molecular complexity index is 380. The summed E-state index contributed by atoms with van der Waals surface area (Å²) in [4.78, 5) is 2.32. The Hall–Kier alpha value is -1.26. The van der Waals surface area contributed by atoms with E-state index in [1.54, 1.807) is 19.2 Å². The maximum Gasteiger partial charge on any atom is 0.120 e. The molecule has 0 saturated heterocycles. The minimum atomic E-state index is 0.313. The van der Waals surface area contributed by atoms with Gasteiger partial charge in [-0.1, -0.05) is 0 Å². The summed E-state index contributed by atoms with van der Waals surface area (Å²) in [5, 5.41) is 13.1. The van der Waals surface area contributed by atoms with Crippen molar-refractivity contribution in [2.24, 2.45) is 0 Å². The highest BCUT2D eigenvalue weighted by molar-refractivity contribution is 5.39. The molecule has 0 spiro atoms. The molecule has 0 amide bonds. The lowest BCUT2D eigenvalue weighted by molar-refractivity contribution is 0.269. The molecule has 1 rings (SSSR count). The van der Waals surface area contributed by atoms with Crippen LogP contribution < -0.4 is 10.1 Å². The average Bonchev–Trinajstić information content (AvgIpc) is 2.39. The fourth-order valence-electron chi connectivity index (χ4n) is 1.77. The van der Waals surface area contributed by atoms with Gasteiger partial charge in [-0.25, -0.2) is 0 Å². The highest BCUT2D eigenvalue weighted by Gasteiger charge is 2.04. The topological polar surface area (TPSA) is 44.7 Å². The van der Waals surface area contributed by atoms with Crippen LogP contribution in [0.15, 0.2) is 18.2 Å². The molecule has 0 atom stereocenters. The Morgan fingerprint density at radius 2 is 2.11 bits per heavy atom. The van der Waals surface area contributed by atoms with Crippen molar-refractivity contribution >= 4 is 0 Å². The number of phenols is 1. The van der Waals surface area contributed by atoms with Gasteiger partial charge in [0.05, 0.1) is 7.11 Å². The number of nitrogens with zero attached hydrogens (tertiary/aromatic N) is 1. The summed E-state index contributed by atoms with van der Waals surface area (Å²) in [5.74, 6) is 1.08. The number of methoxy groups -OCH3 is 1. The zero-order valence-corrected chi connectivity index (χ0v) is 12.4. The summed E-state index contributed by atoms with van der Waals surface area (Å²) < 4.78 is 5.15. The molecule has 0 aliphatic heterocycles. The van der Waals surface area contributed by atoms with Crippen LogP contribution in [0.3, 0.4) is 0 Å². The largest absolute Gasteiger partial charge is 0.508 e. The molecule has 0 saturated carbocycles. The van der Waals surface area contributed by atoms with Gasteiger partial charge in [0.1, 0.15) is 11.5 Å². The van der Waals surface area contributed by atoms with Crippen LogP contribution in [-0.2, 0) is 6.54 Å². The predicted molar refractivity (Wildman–Crippen MR) is 78.7 cm³/mol. The van der Waals surface area contributed by atoms with E-state index in [9.17, 15) is 5.11 Å². The molecule has 0 aliphatic carbocycles. The summed E-state index contributed by atoms with van der Waals surface area (Å²) in [5.41, 5.74) is 0.872. The van der Waals surface area contributed by atoms with Crippen LogP contribution in [0, 0.1) is 0 Å². The number of nitrogens with one attached hydrogen (secondary N) is 1. The van der Waals surface area contributed by atoms with Crippen molar-refractivity contribution in [2.75, 3.05) is 27.2 Å². The van der Waals surface area contributed by atoms with Gasteiger partial charge in [-0.05, 0) is 58.6 Å². The van der Waals surface area contributed by atoms with E-state index in [0.717, 1.165) is 30.8 Å². The Kier molecular flexibility index (Phi) is 6.67. The molecule has 1 aromatic carbocycles. The second-order valence-corrected chi connectivity index (χ2v) is 5.10. The predicted octanol–water partition coefficient (Wildman–Crippen LogP) is 2.22. The van der Waals surface area contributed by atoms with Crippen molar-refractivity contribution in [1.82, 2.24) is 10.2 Å². The van der Waals surface area contributed by atoms with Crippen LogP contribution in [0.1, 0.15) is 25.8 Å². The lowest BCUT2D eigenvalue weighted by atomic mass is 10.2. The molecule has 0 unspecified atom stereocenters. The van der Waals surface area contributed by atoms with E-state index in [1.165, 1.54) is 0 Å². The molecule has 0 heterocycles. The van der Waals surface area contributed by atoms with E-state index in [0.29, 0.717) is 18.3 Å². The fourth-order valence-corrected chi connectivity index (χ4v) is 1.77. The van der Waals surface area contributed by atoms with Gasteiger partial charge in [0.2, 0.25) is 0 Å². The third-order valence-corrected chi connectivity index (χ3v) is 3.35. The van der Waals surface area contributed by atoms with E-state index in [-0.39, 0.29) is 0 Å². The number of phenolic OH excluding ortho intramolecular Hbond substituents is 1. The molecule has 0 bridgehead atoms. The van der Waals surface area contributed by atoms with Gasteiger partial charge < -0.3 is 20.1 Å². The Morgan fingerprint density at radius 1 is 1.37 bits per heavy atom. The highest BCUT2D eigenvalue weighted by Crippen LogP contribution is 2.22. The summed E-state index contributed by atoms with van der Waals surface area (Å²) in [6.07, 6.45) is 1.10. The normalized spacial score (nSPS) is 11.3. The zero-order chi connectivity index (χ0) is 14.3. The second kappa shape index (κ2) is 8.02. The first-order valence-corrected chi connectivity index (χ1v) is 6.81. The van der Waals surface area contributed by atoms with Crippen LogP contribution in [-0.4, -0.2) is 43.3 Å². The Labute approximate surface area is 116 Å². The fraction of sp³-hybridized carbons (Fsp3) is 0.600. The molecular formula is C15H26N2O2. The highest BCUT2D eigenvalue weighted by atomic mass is 16.5. The minimum absolute atomic E-state index is 0.313. The van der Waals surface area contributed by atoms with Crippen molar-refractivity contribution in [2.45, 2.75) is 32.9 Å². The number of aromatic hydroxyl groups is 1. The first-order valence-electron chi connectivity index (χ1n) is 6.81. The molecule has 0 aromatic heterocycles. The first kappa shape index (κ1) is 15.8. The molecule has 19 heavy (non-hydrogen) atoms. The Morgan fingerprint density at radius 3 is 2.74 bits per heavy atom. The third kappa shape index (κ3) is 5.49. The molecule has 0 radical (unpaired) electrons. The van der Waals surface area contributed by atoms with Crippen LogP contribution in [0.2, 0.25) is 0 Å². The molecule has 4 heteroatoms. The van der Waals surface area contributed by atoms with E-state index in [2.05, 4.69) is 31.1 Å². The van der Waals surface area contributed by atoms with Gasteiger partial charge in [-0.3, -0.25) is 0 Å². The van der Waals surface area contributed by atoms with Crippen molar-refractivity contribution in [3.63, 3.8) is 0 Å². The van der Waals surface area contributed by atoms with Gasteiger partial charge in [0.25, 0.3) is 0 Å². The number of rotatable bonds is 8. The van der Waals surface area contributed by atoms with Crippen LogP contribution in [0.5, 0.6) is 11.5 Å². The third-order valence-electron chi connectivity index (χ3n) is 3.35. The van der Waals surface area contributed by atoms with E-state index >= 15 is 0 Å². The molecule has 0 fully saturated rings. The van der Waals surface area contributed by atoms with Crippen molar-refractivity contribution in [3.8, 4) is 11.5 Å². The molecule has 0 aliphatic rings. The van der Waals surface area contributed by atoms with Gasteiger partial charge in [0, 0.05) is 18.2 Å². The average molecular weight is 266 g/mol. The standard InChI is InChI=1S/C15H26N2O2/c1-12(2)17(3)9-5-8-16-11-13-10-14(19-4)6-7-15(13)18/h6-7,10,12,16,18H,5,8-9,11H2,1-4H3. The molecule has 108 valence electrons. The van der Waals surface area contributed by atoms with Crippen LogP contribution in [0.25, 0.3) is 0 Å². The number of hydrogen-bond donors (Lipinski definition) is 2. The van der Waals surface area contributed by atoms with Gasteiger partial charge in [0.15, 0.2) is 0 Å². The Balaban J connectivity index is 2.29. The van der Waals surface area contributed by atoms with Gasteiger partial charge in [-0.2, -0.15) is 0 Å². The van der Waals surface area contributed by atoms with Crippen LogP contribution >= 0.6 is 0 Å². The lowest BCUT2D eigenvalue weighted by Gasteiger charge is -2.20. The smallest absolute Gasteiger partial charge is 0.120 e. The second-order valence-electron chi connectivity index (χ2n) is 5.10. The summed E-state index contributed by atoms with van der Waals surface area (Å²) in [6, 6.07) is 5.88. The van der Waals surface area contributed by atoms with Crippen molar-refractivity contribution < 1.29 is 9.84 Å². The molecule has 1 aromatic rings. The summed E-state index contributed by atoms with van der Waals surface area (Å²) >= 11 is 0. The quantitative estimate of drug-likeness (QED) is 0.708. The van der Waals surface area contributed by atoms with E-state index in [4.69, 9.17) is 4.74 Å².